The molecule has 0 saturated carbocycles. The van der Waals surface area contributed by atoms with Crippen LogP contribution >= 0.6 is 0 Å². The second-order valence-corrected chi connectivity index (χ2v) is 8.64. The van der Waals surface area contributed by atoms with Crippen LogP contribution in [0.25, 0.3) is 22.3 Å². The van der Waals surface area contributed by atoms with Gasteiger partial charge in [-0.25, -0.2) is 9.97 Å². The molecule has 1 aliphatic rings. The third-order valence-corrected chi connectivity index (χ3v) is 5.89. The molecule has 1 atom stereocenters. The monoisotopic (exact) mass is 473 g/mol. The van der Waals surface area contributed by atoms with Gasteiger partial charge in [-0.1, -0.05) is 12.1 Å². The SMILES string of the molecule is CN(C)c1ccc(-c2cc3nccnc3c(OCC3CN(C(=O)c4cnn(C)c4)CCO3)n2)cc1. The third-order valence-electron chi connectivity index (χ3n) is 5.89. The van der Waals surface area contributed by atoms with E-state index in [-0.39, 0.29) is 18.6 Å². The summed E-state index contributed by atoms with van der Waals surface area (Å²) in [6.45, 7) is 1.61. The number of hydrogen-bond acceptors (Lipinski definition) is 8. The Hall–Kier alpha value is -4.05. The van der Waals surface area contributed by atoms with Gasteiger partial charge in [0.1, 0.15) is 12.7 Å². The van der Waals surface area contributed by atoms with Crippen LogP contribution in [0, 0.1) is 0 Å². The quantitative estimate of drug-likeness (QED) is 0.421. The van der Waals surface area contributed by atoms with E-state index in [1.165, 1.54) is 0 Å². The minimum absolute atomic E-state index is 0.0657. The third kappa shape index (κ3) is 4.92. The molecule has 1 unspecified atom stereocenters. The van der Waals surface area contributed by atoms with E-state index in [1.54, 1.807) is 41.4 Å². The molecule has 1 saturated heterocycles. The van der Waals surface area contributed by atoms with Crippen molar-refractivity contribution in [3.63, 3.8) is 0 Å². The number of nitrogens with zero attached hydrogens (tertiary/aromatic N) is 7. The molecule has 0 N–H and O–H groups in total. The van der Waals surface area contributed by atoms with E-state index in [0.29, 0.717) is 42.2 Å². The number of benzene rings is 1. The van der Waals surface area contributed by atoms with E-state index < -0.39 is 0 Å². The van der Waals surface area contributed by atoms with Crippen molar-refractivity contribution in [1.29, 1.82) is 0 Å². The van der Waals surface area contributed by atoms with Crippen molar-refractivity contribution in [2.24, 2.45) is 7.05 Å². The molecule has 35 heavy (non-hydrogen) atoms. The molecule has 0 radical (unpaired) electrons. The first-order valence-corrected chi connectivity index (χ1v) is 11.4. The Bertz CT molecular complexity index is 1340. The molecule has 1 amide bonds. The van der Waals surface area contributed by atoms with Crippen LogP contribution in [0.3, 0.4) is 0 Å². The van der Waals surface area contributed by atoms with Gasteiger partial charge >= 0.3 is 0 Å². The fourth-order valence-corrected chi connectivity index (χ4v) is 4.01. The summed E-state index contributed by atoms with van der Waals surface area (Å²) in [6, 6.07) is 10.0. The number of amides is 1. The number of rotatable bonds is 6. The van der Waals surface area contributed by atoms with Crippen LogP contribution in [0.1, 0.15) is 10.4 Å². The average molecular weight is 474 g/mol. The van der Waals surface area contributed by atoms with Crippen molar-refractivity contribution in [2.75, 3.05) is 45.3 Å². The minimum Gasteiger partial charge on any atom is -0.473 e. The first-order valence-electron chi connectivity index (χ1n) is 11.4. The number of aryl methyl sites for hydroxylation is 1. The lowest BCUT2D eigenvalue weighted by atomic mass is 10.1. The number of morpholine rings is 1. The van der Waals surface area contributed by atoms with E-state index >= 15 is 0 Å². The molecule has 4 aromatic rings. The number of ether oxygens (including phenoxy) is 2. The van der Waals surface area contributed by atoms with Crippen molar-refractivity contribution in [1.82, 2.24) is 29.6 Å². The standard InChI is InChI=1S/C25H27N7O3/c1-30(2)19-6-4-17(5-7-19)21-12-22-23(27-9-8-26-22)24(29-21)35-16-20-15-32(10-11-34-20)25(33)18-13-28-31(3)14-18/h4-9,12-14,20H,10-11,15-16H2,1-3H3. The lowest BCUT2D eigenvalue weighted by Gasteiger charge is -2.32. The van der Waals surface area contributed by atoms with Crippen LogP contribution < -0.4 is 9.64 Å². The zero-order valence-electron chi connectivity index (χ0n) is 20.0. The Morgan fingerprint density at radius 2 is 2.00 bits per heavy atom. The van der Waals surface area contributed by atoms with Crippen LogP contribution in [0.2, 0.25) is 0 Å². The van der Waals surface area contributed by atoms with Gasteiger partial charge in [0.15, 0.2) is 5.52 Å². The number of carbonyl (C=O) groups excluding carboxylic acids is 1. The highest BCUT2D eigenvalue weighted by Crippen LogP contribution is 2.28. The summed E-state index contributed by atoms with van der Waals surface area (Å²) in [5, 5.41) is 4.09. The van der Waals surface area contributed by atoms with Crippen molar-refractivity contribution in [3.8, 4) is 17.1 Å². The topological polar surface area (TPSA) is 98.5 Å². The summed E-state index contributed by atoms with van der Waals surface area (Å²) < 4.78 is 13.6. The van der Waals surface area contributed by atoms with Crippen LogP contribution in [0.4, 0.5) is 5.69 Å². The molecule has 0 bridgehead atoms. The molecule has 0 spiro atoms. The normalized spacial score (nSPS) is 15.9. The second kappa shape index (κ2) is 9.67. The van der Waals surface area contributed by atoms with E-state index in [9.17, 15) is 4.79 Å². The van der Waals surface area contributed by atoms with Crippen molar-refractivity contribution < 1.29 is 14.3 Å². The van der Waals surface area contributed by atoms with Gasteiger partial charge in [-0.05, 0) is 18.2 Å². The molecule has 3 aromatic heterocycles. The highest BCUT2D eigenvalue weighted by molar-refractivity contribution is 5.93. The fourth-order valence-electron chi connectivity index (χ4n) is 4.01. The van der Waals surface area contributed by atoms with Crippen LogP contribution in [-0.4, -0.2) is 82.0 Å². The van der Waals surface area contributed by atoms with Gasteiger partial charge in [-0.15, -0.1) is 0 Å². The molecule has 0 aliphatic carbocycles. The molecule has 180 valence electrons. The Morgan fingerprint density at radius 1 is 1.20 bits per heavy atom. The van der Waals surface area contributed by atoms with Crippen molar-refractivity contribution >= 4 is 22.6 Å². The number of pyridine rings is 1. The number of fused-ring (bicyclic) bond motifs is 1. The summed E-state index contributed by atoms with van der Waals surface area (Å²) in [6.07, 6.45) is 6.27. The largest absolute Gasteiger partial charge is 0.473 e. The van der Waals surface area contributed by atoms with Crippen LogP contribution in [-0.2, 0) is 11.8 Å². The van der Waals surface area contributed by atoms with Crippen molar-refractivity contribution in [2.45, 2.75) is 6.10 Å². The molecular formula is C25H27N7O3. The van der Waals surface area contributed by atoms with Gasteiger partial charge < -0.3 is 19.3 Å². The summed E-state index contributed by atoms with van der Waals surface area (Å²) >= 11 is 0. The van der Waals surface area contributed by atoms with Gasteiger partial charge in [-0.3, -0.25) is 14.5 Å². The van der Waals surface area contributed by atoms with Gasteiger partial charge in [0.25, 0.3) is 5.91 Å². The van der Waals surface area contributed by atoms with Crippen LogP contribution in [0.5, 0.6) is 5.88 Å². The summed E-state index contributed by atoms with van der Waals surface area (Å²) in [4.78, 5) is 30.3. The maximum Gasteiger partial charge on any atom is 0.257 e. The smallest absolute Gasteiger partial charge is 0.257 e. The maximum atomic E-state index is 12.8. The Kier molecular flexibility index (Phi) is 6.28. The number of carbonyl (C=O) groups is 1. The molecular weight excluding hydrogens is 446 g/mol. The molecule has 4 heterocycles. The summed E-state index contributed by atoms with van der Waals surface area (Å²) in [5.74, 6) is 0.325. The predicted molar refractivity (Wildman–Crippen MR) is 131 cm³/mol. The van der Waals surface area contributed by atoms with Crippen molar-refractivity contribution in [3.05, 3.63) is 60.7 Å². The van der Waals surface area contributed by atoms with Gasteiger partial charge in [-0.2, -0.15) is 5.10 Å². The second-order valence-electron chi connectivity index (χ2n) is 8.64. The first kappa shape index (κ1) is 22.7. The lowest BCUT2D eigenvalue weighted by Crippen LogP contribution is -2.47. The highest BCUT2D eigenvalue weighted by Gasteiger charge is 2.26. The highest BCUT2D eigenvalue weighted by atomic mass is 16.5. The average Bonchev–Trinajstić information content (AvgIpc) is 3.33. The lowest BCUT2D eigenvalue weighted by molar-refractivity contribution is -0.0405. The zero-order chi connectivity index (χ0) is 24.4. The van der Waals surface area contributed by atoms with Gasteiger partial charge in [0, 0.05) is 57.5 Å². The molecule has 1 fully saturated rings. The fraction of sp³-hybridized carbons (Fsp3) is 0.320. The molecule has 10 heteroatoms. The molecule has 1 aromatic carbocycles. The van der Waals surface area contributed by atoms with E-state index in [4.69, 9.17) is 14.5 Å². The summed E-state index contributed by atoms with van der Waals surface area (Å²) in [7, 11) is 5.80. The molecule has 10 nitrogen and oxygen atoms in total. The van der Waals surface area contributed by atoms with E-state index in [1.807, 2.05) is 49.3 Å². The Labute approximate surface area is 203 Å². The molecule has 1 aliphatic heterocycles. The minimum atomic E-state index is -0.291. The Morgan fingerprint density at radius 3 is 2.74 bits per heavy atom. The van der Waals surface area contributed by atoms with E-state index in [2.05, 4.69) is 15.1 Å². The summed E-state index contributed by atoms with van der Waals surface area (Å²) in [5.41, 5.74) is 4.64. The maximum absolute atomic E-state index is 12.8. The zero-order valence-corrected chi connectivity index (χ0v) is 20.0. The number of aromatic nitrogens is 5. The van der Waals surface area contributed by atoms with E-state index in [0.717, 1.165) is 16.9 Å². The predicted octanol–water partition coefficient (Wildman–Crippen LogP) is 2.41. The number of anilines is 1. The first-order chi connectivity index (χ1) is 17.0. The molecule has 5 rings (SSSR count). The van der Waals surface area contributed by atoms with Gasteiger partial charge in [0.2, 0.25) is 5.88 Å². The van der Waals surface area contributed by atoms with Gasteiger partial charge in [0.05, 0.1) is 36.1 Å². The Balaban J connectivity index is 1.34. The number of hydrogen-bond donors (Lipinski definition) is 0. The van der Waals surface area contributed by atoms with Crippen LogP contribution in [0.15, 0.2) is 55.1 Å².